The van der Waals surface area contributed by atoms with Crippen molar-refractivity contribution in [3.63, 3.8) is 0 Å². The van der Waals surface area contributed by atoms with Crippen molar-refractivity contribution >= 4 is 69.1 Å². The van der Waals surface area contributed by atoms with Crippen LogP contribution in [0.4, 0.5) is 0 Å². The number of hydrogen-bond donors (Lipinski definition) is 1. The van der Waals surface area contributed by atoms with E-state index in [4.69, 9.17) is 13.0 Å². The maximum absolute atomic E-state index is 9.16. The van der Waals surface area contributed by atoms with Crippen LogP contribution in [0.15, 0.2) is 0 Å². The van der Waals surface area contributed by atoms with Crippen molar-refractivity contribution in [3.05, 3.63) is 0 Å². The van der Waals surface area contributed by atoms with Crippen LogP contribution >= 0.6 is 0 Å². The molecule has 0 spiro atoms. The van der Waals surface area contributed by atoms with Crippen LogP contribution in [0.2, 0.25) is 0 Å². The molecule has 41 valence electrons. The summed E-state index contributed by atoms with van der Waals surface area (Å²) in [6.07, 6.45) is 0. The van der Waals surface area contributed by atoms with E-state index in [-0.39, 0.29) is 45.6 Å². The molecule has 7 heteroatoms. The zero-order valence-electron chi connectivity index (χ0n) is 2.70. The Morgan fingerprint density at radius 2 is 1.43 bits per heavy atom. The maximum atomic E-state index is 9.16. The Bertz CT molecular complexity index is 98.1. The van der Waals surface area contributed by atoms with Crippen molar-refractivity contribution in [1.29, 1.82) is 0 Å². The van der Waals surface area contributed by atoms with Gasteiger partial charge < -0.3 is 0 Å². The zero-order chi connectivity index (χ0) is 4.50. The molecule has 3 radical (unpaired) electrons. The molecular formula is H5GaInO3SSe. The molecule has 0 aliphatic rings. The number of rotatable bonds is 0. The molecule has 0 heterocycles. The van der Waals surface area contributed by atoms with Crippen molar-refractivity contribution in [3.8, 4) is 0 Å². The largest absolute Gasteiger partial charge is 0 e. The molecule has 0 aliphatic carbocycles. The minimum Gasteiger partial charge on any atom is 0 e. The molecule has 0 saturated carbocycles. The van der Waals surface area contributed by atoms with Crippen LogP contribution in [-0.2, 0) is 8.54 Å². The van der Waals surface area contributed by atoms with E-state index in [0.29, 0.717) is 0 Å². The van der Waals surface area contributed by atoms with Gasteiger partial charge in [-0.1, -0.05) is 0 Å². The molecule has 0 aromatic heterocycles. The quantitative estimate of drug-likeness (QED) is 0.378. The first kappa shape index (κ1) is 16.0. The summed E-state index contributed by atoms with van der Waals surface area (Å²) in [5.41, 5.74) is 0. The second-order valence-electron chi connectivity index (χ2n) is 0.448. The SMILES string of the molecule is O=S(=O)(O)[SeH].[GaH3].[In]. The molecule has 0 aliphatic heterocycles. The third-order valence-corrected chi connectivity index (χ3v) is 0. The van der Waals surface area contributed by atoms with Gasteiger partial charge in [0.1, 0.15) is 0 Å². The van der Waals surface area contributed by atoms with Crippen LogP contribution in [-0.4, -0.2) is 73.5 Å². The second kappa shape index (κ2) is 6.06. The summed E-state index contributed by atoms with van der Waals surface area (Å²) in [5, 5.41) is 0. The van der Waals surface area contributed by atoms with Crippen LogP contribution < -0.4 is 0 Å². The Morgan fingerprint density at radius 3 is 1.43 bits per heavy atom. The molecular weight excluding hydrogens is 344 g/mol. The first-order chi connectivity index (χ1) is 2.00. The maximum Gasteiger partial charge on any atom is 0 e. The predicted octanol–water partition coefficient (Wildman–Crippen LogP) is -2.87. The molecule has 0 bridgehead atoms. The van der Waals surface area contributed by atoms with E-state index >= 15 is 0 Å². The molecule has 0 saturated heterocycles. The van der Waals surface area contributed by atoms with Crippen LogP contribution in [0.25, 0.3) is 0 Å². The summed E-state index contributed by atoms with van der Waals surface area (Å²) in [6, 6.07) is 0. The summed E-state index contributed by atoms with van der Waals surface area (Å²) >= 11 is 1.11. The fourth-order valence-electron chi connectivity index (χ4n) is 0. The fraction of sp³-hybridized carbons (Fsp3) is 0. The summed E-state index contributed by atoms with van der Waals surface area (Å²) < 4.78 is 25.8. The summed E-state index contributed by atoms with van der Waals surface area (Å²) in [4.78, 5) is 0. The third kappa shape index (κ3) is 74.6. The van der Waals surface area contributed by atoms with Gasteiger partial charge in [-0.05, 0) is 0 Å². The summed E-state index contributed by atoms with van der Waals surface area (Å²) in [6.45, 7) is 0. The Labute approximate surface area is 81.1 Å². The molecule has 0 aromatic carbocycles. The van der Waals surface area contributed by atoms with Crippen LogP contribution in [0.1, 0.15) is 0 Å². The van der Waals surface area contributed by atoms with E-state index in [9.17, 15) is 0 Å². The van der Waals surface area contributed by atoms with E-state index in [1.807, 2.05) is 0 Å². The van der Waals surface area contributed by atoms with Crippen LogP contribution in [0.5, 0.6) is 0 Å². The van der Waals surface area contributed by atoms with Crippen molar-refractivity contribution < 1.29 is 13.0 Å². The minimum atomic E-state index is -3.73. The van der Waals surface area contributed by atoms with Crippen molar-refractivity contribution in [1.82, 2.24) is 0 Å². The Morgan fingerprint density at radius 1 is 1.43 bits per heavy atom. The van der Waals surface area contributed by atoms with Gasteiger partial charge in [-0.25, -0.2) is 0 Å². The standard InChI is InChI=1S/Ga.In.H2O3SSe.3H/c;;1-4(2,3)5;;;/h;;(H2,1,2,3,5);;;. The van der Waals surface area contributed by atoms with E-state index in [2.05, 4.69) is 0 Å². The molecule has 0 atom stereocenters. The molecule has 0 fully saturated rings. The average Bonchev–Trinajstić information content (AvgIpc) is 0.722. The monoisotopic (exact) mass is 349 g/mol. The predicted molar refractivity (Wildman–Crippen MR) is 34.4 cm³/mol. The fourth-order valence-corrected chi connectivity index (χ4v) is 0. The molecule has 0 aromatic rings. The van der Waals surface area contributed by atoms with Crippen molar-refractivity contribution in [2.75, 3.05) is 0 Å². The van der Waals surface area contributed by atoms with Gasteiger partial charge in [-0.2, -0.15) is 0 Å². The first-order valence-electron chi connectivity index (χ1n) is 0.698. The van der Waals surface area contributed by atoms with Gasteiger partial charge in [0.05, 0.1) is 0 Å². The molecule has 3 nitrogen and oxygen atoms in total. The topological polar surface area (TPSA) is 54.4 Å². The van der Waals surface area contributed by atoms with E-state index in [1.165, 1.54) is 0 Å². The van der Waals surface area contributed by atoms with E-state index in [1.54, 1.807) is 0 Å². The van der Waals surface area contributed by atoms with Crippen LogP contribution in [0.3, 0.4) is 0 Å². The smallest absolute Gasteiger partial charge is 0 e. The Hall–Kier alpha value is 1.94. The molecule has 0 unspecified atom stereocenters. The Balaban J connectivity index is -0.0000000800. The van der Waals surface area contributed by atoms with Crippen molar-refractivity contribution in [2.45, 2.75) is 0 Å². The second-order valence-corrected chi connectivity index (χ2v) is 4.25. The van der Waals surface area contributed by atoms with E-state index in [0.717, 1.165) is 14.9 Å². The third-order valence-electron chi connectivity index (χ3n) is 0. The average molecular weight is 349 g/mol. The van der Waals surface area contributed by atoms with Gasteiger partial charge in [0, 0.05) is 25.8 Å². The van der Waals surface area contributed by atoms with Gasteiger partial charge in [0.2, 0.25) is 0 Å². The molecule has 1 N–H and O–H groups in total. The zero-order valence-corrected chi connectivity index (χ0v) is 8.69. The summed E-state index contributed by atoms with van der Waals surface area (Å²) in [7, 11) is -3.73. The van der Waals surface area contributed by atoms with E-state index < -0.39 is 8.54 Å². The van der Waals surface area contributed by atoms with Gasteiger partial charge >= 0.3 is 56.2 Å². The summed E-state index contributed by atoms with van der Waals surface area (Å²) in [5.74, 6) is 0. The van der Waals surface area contributed by atoms with Gasteiger partial charge in [0.25, 0.3) is 0 Å². The van der Waals surface area contributed by atoms with Gasteiger partial charge in [-0.3, -0.25) is 0 Å². The first-order valence-corrected chi connectivity index (χ1v) is 4.39. The van der Waals surface area contributed by atoms with Crippen molar-refractivity contribution in [2.24, 2.45) is 0 Å². The van der Waals surface area contributed by atoms with Gasteiger partial charge in [-0.15, -0.1) is 0 Å². The minimum absolute atomic E-state index is 0. The molecule has 0 amide bonds. The van der Waals surface area contributed by atoms with Crippen LogP contribution in [0, 0.1) is 0 Å². The normalized spacial score (nSPS) is 8.29. The van der Waals surface area contributed by atoms with Gasteiger partial charge in [0.15, 0.2) is 0 Å². The molecule has 7 heavy (non-hydrogen) atoms. The number of hydrogen-bond acceptors (Lipinski definition) is 2. The molecule has 0 rings (SSSR count). The Kier molecular flexibility index (Phi) is 13.8.